The summed E-state index contributed by atoms with van der Waals surface area (Å²) in [6.07, 6.45) is -4.43. The van der Waals surface area contributed by atoms with E-state index < -0.39 is 17.6 Å². The average molecular weight is 271 g/mol. The van der Waals surface area contributed by atoms with Gasteiger partial charge < -0.3 is 4.52 Å². The number of hydrogen-bond donors (Lipinski definition) is 1. The Kier molecular flexibility index (Phi) is 3.24. The molecule has 1 aromatic carbocycles. The minimum absolute atomic E-state index is 0.0394. The third-order valence-electron chi connectivity index (χ3n) is 2.23. The molecule has 0 bridgehead atoms. The molecule has 1 N–H and O–H groups in total. The second-order valence-electron chi connectivity index (χ2n) is 3.67. The Morgan fingerprint density at radius 1 is 1.26 bits per heavy atom. The summed E-state index contributed by atoms with van der Waals surface area (Å²) < 4.78 is 41.7. The molecule has 5 nitrogen and oxygen atoms in total. The molecule has 0 aliphatic rings. The van der Waals surface area contributed by atoms with E-state index in [-0.39, 0.29) is 17.4 Å². The van der Waals surface area contributed by atoms with Crippen LogP contribution < -0.4 is 5.32 Å². The number of nitrogens with one attached hydrogen (secondary N) is 1. The van der Waals surface area contributed by atoms with E-state index in [2.05, 4.69) is 20.0 Å². The molecule has 0 atom stereocenters. The number of anilines is 1. The van der Waals surface area contributed by atoms with Crippen LogP contribution in [-0.2, 0) is 6.18 Å². The van der Waals surface area contributed by atoms with Crippen LogP contribution in [0.4, 0.5) is 19.1 Å². The van der Waals surface area contributed by atoms with Gasteiger partial charge in [0.15, 0.2) is 0 Å². The lowest BCUT2D eigenvalue weighted by Gasteiger charge is -2.06. The van der Waals surface area contributed by atoms with Gasteiger partial charge in [0.25, 0.3) is 11.9 Å². The normalized spacial score (nSPS) is 11.4. The highest BCUT2D eigenvalue weighted by Gasteiger charge is 2.30. The summed E-state index contributed by atoms with van der Waals surface area (Å²) in [6.45, 7) is 1.54. The predicted molar refractivity (Wildman–Crippen MR) is 58.4 cm³/mol. The average Bonchev–Trinajstić information content (AvgIpc) is 2.74. The van der Waals surface area contributed by atoms with Crippen molar-refractivity contribution in [1.82, 2.24) is 10.1 Å². The summed E-state index contributed by atoms with van der Waals surface area (Å²) >= 11 is 0. The Morgan fingerprint density at radius 2 is 1.89 bits per heavy atom. The number of alkyl halides is 3. The summed E-state index contributed by atoms with van der Waals surface area (Å²) in [5.74, 6) is -0.389. The summed E-state index contributed by atoms with van der Waals surface area (Å²) in [6, 6.07) is 3.81. The second-order valence-corrected chi connectivity index (χ2v) is 3.67. The number of nitrogens with zero attached hydrogens (tertiary/aromatic N) is 2. The Bertz CT molecular complexity index is 590. The van der Waals surface area contributed by atoms with Gasteiger partial charge in [-0.1, -0.05) is 0 Å². The van der Waals surface area contributed by atoms with Gasteiger partial charge in [0.2, 0.25) is 5.89 Å². The zero-order valence-corrected chi connectivity index (χ0v) is 9.65. The van der Waals surface area contributed by atoms with Gasteiger partial charge in [-0.15, -0.1) is 0 Å². The van der Waals surface area contributed by atoms with Crippen LogP contribution >= 0.6 is 0 Å². The summed E-state index contributed by atoms with van der Waals surface area (Å²) in [5.41, 5.74) is -0.755. The quantitative estimate of drug-likeness (QED) is 0.911. The molecule has 2 rings (SSSR count). The van der Waals surface area contributed by atoms with E-state index in [0.717, 1.165) is 24.3 Å². The van der Waals surface area contributed by atoms with Crippen molar-refractivity contribution in [3.05, 3.63) is 41.3 Å². The molecule has 2 aromatic rings. The first-order valence-electron chi connectivity index (χ1n) is 5.15. The number of rotatable bonds is 2. The lowest BCUT2D eigenvalue weighted by atomic mass is 10.1. The number of hydrogen-bond acceptors (Lipinski definition) is 4. The molecular weight excluding hydrogens is 263 g/mol. The van der Waals surface area contributed by atoms with Gasteiger partial charge in [-0.3, -0.25) is 10.1 Å². The van der Waals surface area contributed by atoms with E-state index in [4.69, 9.17) is 0 Å². The molecule has 19 heavy (non-hydrogen) atoms. The van der Waals surface area contributed by atoms with Gasteiger partial charge in [-0.05, 0) is 29.4 Å². The predicted octanol–water partition coefficient (Wildman–Crippen LogP) is 2.65. The fourth-order valence-corrected chi connectivity index (χ4v) is 1.33. The molecule has 0 fully saturated rings. The van der Waals surface area contributed by atoms with E-state index in [1.54, 1.807) is 6.92 Å². The molecule has 0 aliphatic carbocycles. The zero-order valence-electron chi connectivity index (χ0n) is 9.65. The van der Waals surface area contributed by atoms with Crippen LogP contribution in [0.2, 0.25) is 0 Å². The van der Waals surface area contributed by atoms with E-state index in [1.165, 1.54) is 0 Å². The maximum absolute atomic E-state index is 12.3. The molecule has 1 aromatic heterocycles. The van der Waals surface area contributed by atoms with Crippen molar-refractivity contribution < 1.29 is 22.5 Å². The maximum atomic E-state index is 12.3. The lowest BCUT2D eigenvalue weighted by Crippen LogP contribution is -2.13. The number of amides is 1. The summed E-state index contributed by atoms with van der Waals surface area (Å²) in [4.78, 5) is 15.4. The Labute approximate surface area is 105 Å². The molecule has 8 heteroatoms. The monoisotopic (exact) mass is 271 g/mol. The van der Waals surface area contributed by atoms with Gasteiger partial charge >= 0.3 is 6.18 Å². The SMILES string of the molecule is Cc1nc(NC(=O)c2ccc(C(F)(F)F)cc2)no1. The highest BCUT2D eigenvalue weighted by atomic mass is 19.4. The molecule has 1 heterocycles. The fourth-order valence-electron chi connectivity index (χ4n) is 1.33. The molecule has 0 saturated heterocycles. The van der Waals surface area contributed by atoms with E-state index in [1.807, 2.05) is 0 Å². The van der Waals surface area contributed by atoms with Crippen molar-refractivity contribution in [3.63, 3.8) is 0 Å². The minimum atomic E-state index is -4.43. The van der Waals surface area contributed by atoms with Crippen LogP contribution in [0.5, 0.6) is 0 Å². The first-order valence-corrected chi connectivity index (χ1v) is 5.15. The van der Waals surface area contributed by atoms with Gasteiger partial charge in [0.1, 0.15) is 0 Å². The zero-order chi connectivity index (χ0) is 14.0. The van der Waals surface area contributed by atoms with Gasteiger partial charge in [-0.2, -0.15) is 18.2 Å². The van der Waals surface area contributed by atoms with Gasteiger partial charge in [0, 0.05) is 12.5 Å². The van der Waals surface area contributed by atoms with Crippen LogP contribution in [0.1, 0.15) is 21.8 Å². The first-order chi connectivity index (χ1) is 8.86. The highest BCUT2D eigenvalue weighted by molar-refractivity contribution is 6.03. The van der Waals surface area contributed by atoms with Crippen LogP contribution in [-0.4, -0.2) is 16.0 Å². The van der Waals surface area contributed by atoms with Gasteiger partial charge in [0.05, 0.1) is 5.56 Å². The van der Waals surface area contributed by atoms with Crippen LogP contribution in [0.25, 0.3) is 0 Å². The number of carbonyl (C=O) groups is 1. The van der Waals surface area contributed by atoms with Crippen LogP contribution in [0.15, 0.2) is 28.8 Å². The van der Waals surface area contributed by atoms with Crippen molar-refractivity contribution in [2.75, 3.05) is 5.32 Å². The van der Waals surface area contributed by atoms with Crippen molar-refractivity contribution in [1.29, 1.82) is 0 Å². The number of aryl methyl sites for hydroxylation is 1. The first kappa shape index (κ1) is 13.1. The van der Waals surface area contributed by atoms with Crippen LogP contribution in [0, 0.1) is 6.92 Å². The fraction of sp³-hybridized carbons (Fsp3) is 0.182. The Morgan fingerprint density at radius 3 is 2.37 bits per heavy atom. The largest absolute Gasteiger partial charge is 0.416 e. The number of halogens is 3. The molecule has 100 valence electrons. The Balaban J connectivity index is 2.12. The standard InChI is InChI=1S/C11H8F3N3O2/c1-6-15-10(17-19-6)16-9(18)7-2-4-8(5-3-7)11(12,13)14/h2-5H,1H3,(H,16,17,18). The minimum Gasteiger partial charge on any atom is -0.338 e. The van der Waals surface area contributed by atoms with E-state index in [9.17, 15) is 18.0 Å². The van der Waals surface area contributed by atoms with E-state index >= 15 is 0 Å². The molecule has 0 aliphatic heterocycles. The smallest absolute Gasteiger partial charge is 0.338 e. The van der Waals surface area contributed by atoms with E-state index in [0.29, 0.717) is 0 Å². The Hall–Kier alpha value is -2.38. The second kappa shape index (κ2) is 4.71. The van der Waals surface area contributed by atoms with Crippen molar-refractivity contribution in [2.24, 2.45) is 0 Å². The van der Waals surface area contributed by atoms with Crippen LogP contribution in [0.3, 0.4) is 0 Å². The highest BCUT2D eigenvalue weighted by Crippen LogP contribution is 2.29. The lowest BCUT2D eigenvalue weighted by molar-refractivity contribution is -0.137. The molecule has 0 radical (unpaired) electrons. The molecule has 0 unspecified atom stereocenters. The molecule has 0 spiro atoms. The number of carbonyl (C=O) groups excluding carboxylic acids is 1. The van der Waals surface area contributed by atoms with Crippen molar-refractivity contribution in [3.8, 4) is 0 Å². The number of aromatic nitrogens is 2. The van der Waals surface area contributed by atoms with Crippen molar-refractivity contribution >= 4 is 11.9 Å². The van der Waals surface area contributed by atoms with Gasteiger partial charge in [-0.25, -0.2) is 0 Å². The molecule has 0 saturated carbocycles. The summed E-state index contributed by atoms with van der Waals surface area (Å²) in [7, 11) is 0. The topological polar surface area (TPSA) is 68.0 Å². The third kappa shape index (κ3) is 3.09. The molecular formula is C11H8F3N3O2. The third-order valence-corrected chi connectivity index (χ3v) is 2.23. The maximum Gasteiger partial charge on any atom is 0.416 e. The number of benzene rings is 1. The summed E-state index contributed by atoms with van der Waals surface area (Å²) in [5, 5.41) is 5.74. The molecule has 1 amide bonds. The van der Waals surface area contributed by atoms with Crippen molar-refractivity contribution in [2.45, 2.75) is 13.1 Å².